The molecule has 0 radical (unpaired) electrons. The Balaban J connectivity index is 3.10. The maximum absolute atomic E-state index is 14.3. The minimum Gasteiger partial charge on any atom is -0.481 e. The molecule has 0 unspecified atom stereocenters. The second-order valence-electron chi connectivity index (χ2n) is 4.14. The molecule has 0 aliphatic carbocycles. The van der Waals surface area contributed by atoms with Crippen LogP contribution in [0, 0.1) is 0 Å². The highest BCUT2D eigenvalue weighted by atomic mass is 31.2. The number of halogens is 2. The van der Waals surface area contributed by atoms with Crippen molar-refractivity contribution in [3.05, 3.63) is 35.4 Å². The first-order chi connectivity index (χ1) is 9.76. The molecule has 0 aromatic heterocycles. The smallest absolute Gasteiger partial charge is 0.404 e. The second kappa shape index (κ2) is 7.11. The lowest BCUT2D eigenvalue weighted by Gasteiger charge is -2.26. The first-order valence-corrected chi connectivity index (χ1v) is 7.89. The van der Waals surface area contributed by atoms with E-state index in [1.54, 1.807) is 0 Å². The van der Waals surface area contributed by atoms with Crippen LogP contribution in [0.4, 0.5) is 8.78 Å². The summed E-state index contributed by atoms with van der Waals surface area (Å²) in [5, 5.41) is 8.63. The van der Waals surface area contributed by atoms with Crippen LogP contribution in [-0.4, -0.2) is 24.3 Å². The van der Waals surface area contributed by atoms with Crippen molar-refractivity contribution in [2.45, 2.75) is 25.9 Å². The molecule has 1 aromatic rings. The highest BCUT2D eigenvalue weighted by Gasteiger charge is 2.54. The number of hydrogen-bond acceptors (Lipinski definition) is 4. The SMILES string of the molecule is CCOP(=O)(OCC)C(F)(F)c1ccc(CC(=O)O)cc1. The van der Waals surface area contributed by atoms with Crippen LogP contribution in [0.5, 0.6) is 0 Å². The summed E-state index contributed by atoms with van der Waals surface area (Å²) >= 11 is 0. The molecule has 8 heteroatoms. The Morgan fingerprint density at radius 3 is 2.05 bits per heavy atom. The van der Waals surface area contributed by atoms with Gasteiger partial charge in [0.2, 0.25) is 0 Å². The number of carboxylic acids is 1. The van der Waals surface area contributed by atoms with Gasteiger partial charge in [0.25, 0.3) is 0 Å². The molecule has 0 fully saturated rings. The van der Waals surface area contributed by atoms with Crippen LogP contribution in [0.25, 0.3) is 0 Å². The third-order valence-electron chi connectivity index (χ3n) is 2.60. The van der Waals surface area contributed by atoms with Gasteiger partial charge in [0.05, 0.1) is 19.6 Å². The van der Waals surface area contributed by atoms with Gasteiger partial charge in [0.1, 0.15) is 0 Å². The Morgan fingerprint density at radius 1 is 1.19 bits per heavy atom. The Kier molecular flexibility index (Phi) is 6.01. The van der Waals surface area contributed by atoms with E-state index in [2.05, 4.69) is 9.05 Å². The third-order valence-corrected chi connectivity index (χ3v) is 4.74. The number of carboxylic acid groups (broad SMARTS) is 1. The van der Waals surface area contributed by atoms with E-state index in [1.807, 2.05) is 0 Å². The zero-order valence-electron chi connectivity index (χ0n) is 11.7. The molecule has 5 nitrogen and oxygen atoms in total. The molecule has 0 heterocycles. The predicted molar refractivity (Wildman–Crippen MR) is 72.5 cm³/mol. The number of hydrogen-bond donors (Lipinski definition) is 1. The van der Waals surface area contributed by atoms with Gasteiger partial charge in [-0.05, 0) is 19.4 Å². The van der Waals surface area contributed by atoms with E-state index in [-0.39, 0.29) is 19.6 Å². The van der Waals surface area contributed by atoms with E-state index in [9.17, 15) is 18.1 Å². The van der Waals surface area contributed by atoms with E-state index >= 15 is 0 Å². The fraction of sp³-hybridized carbons (Fsp3) is 0.462. The molecular formula is C13H17F2O5P. The maximum atomic E-state index is 14.3. The van der Waals surface area contributed by atoms with Crippen molar-refractivity contribution in [3.8, 4) is 0 Å². The third kappa shape index (κ3) is 4.09. The van der Waals surface area contributed by atoms with Crippen molar-refractivity contribution >= 4 is 13.6 Å². The van der Waals surface area contributed by atoms with Crippen LogP contribution in [-0.2, 0) is 30.5 Å². The topological polar surface area (TPSA) is 72.8 Å². The Hall–Kier alpha value is -1.30. The average Bonchev–Trinajstić information content (AvgIpc) is 2.39. The largest absolute Gasteiger partial charge is 0.481 e. The van der Waals surface area contributed by atoms with Crippen LogP contribution in [0.1, 0.15) is 25.0 Å². The van der Waals surface area contributed by atoms with Crippen molar-refractivity contribution in [1.82, 2.24) is 0 Å². The standard InChI is InChI=1S/C13H17F2O5P/c1-3-19-21(18,20-4-2)13(14,15)11-7-5-10(6-8-11)9-12(16)17/h5-8H,3-4,9H2,1-2H3,(H,16,17). The van der Waals surface area contributed by atoms with E-state index in [1.165, 1.54) is 26.0 Å². The van der Waals surface area contributed by atoms with Crippen molar-refractivity contribution in [3.63, 3.8) is 0 Å². The van der Waals surface area contributed by atoms with Gasteiger partial charge in [-0.2, -0.15) is 8.78 Å². The minimum absolute atomic E-state index is 0.177. The van der Waals surface area contributed by atoms with E-state index in [4.69, 9.17) is 5.11 Å². The highest BCUT2D eigenvalue weighted by molar-refractivity contribution is 7.54. The average molecular weight is 322 g/mol. The Bertz CT molecular complexity index is 520. The van der Waals surface area contributed by atoms with Crippen molar-refractivity contribution in [1.29, 1.82) is 0 Å². The summed E-state index contributed by atoms with van der Waals surface area (Å²) in [4.78, 5) is 10.5. The van der Waals surface area contributed by atoms with Gasteiger partial charge in [-0.3, -0.25) is 9.36 Å². The molecule has 0 saturated heterocycles. The predicted octanol–water partition coefficient (Wildman–Crippen LogP) is 3.63. The van der Waals surface area contributed by atoms with Gasteiger partial charge in [0.15, 0.2) is 0 Å². The van der Waals surface area contributed by atoms with Gasteiger partial charge >= 0.3 is 19.2 Å². The molecule has 0 saturated carbocycles. The molecule has 1 aromatic carbocycles. The Labute approximate surface area is 121 Å². The van der Waals surface area contributed by atoms with Crippen LogP contribution in [0.3, 0.4) is 0 Å². The summed E-state index contributed by atoms with van der Waals surface area (Å²) in [6.07, 6.45) is -0.277. The summed E-state index contributed by atoms with van der Waals surface area (Å²) in [7, 11) is -4.64. The van der Waals surface area contributed by atoms with E-state index in [0.717, 1.165) is 12.1 Å². The number of carbonyl (C=O) groups is 1. The van der Waals surface area contributed by atoms with Crippen molar-refractivity contribution < 1.29 is 32.3 Å². The van der Waals surface area contributed by atoms with Gasteiger partial charge in [-0.1, -0.05) is 24.3 Å². The fourth-order valence-corrected chi connectivity index (χ4v) is 3.24. The van der Waals surface area contributed by atoms with Crippen LogP contribution in [0.2, 0.25) is 0 Å². The zero-order valence-corrected chi connectivity index (χ0v) is 12.6. The lowest BCUT2D eigenvalue weighted by molar-refractivity contribution is -0.136. The van der Waals surface area contributed by atoms with Crippen LogP contribution >= 0.6 is 7.60 Å². The molecule has 1 N–H and O–H groups in total. The van der Waals surface area contributed by atoms with Gasteiger partial charge < -0.3 is 14.2 Å². The van der Waals surface area contributed by atoms with Gasteiger partial charge in [-0.15, -0.1) is 0 Å². The molecule has 0 atom stereocenters. The lowest BCUT2D eigenvalue weighted by atomic mass is 10.1. The number of rotatable bonds is 8. The number of benzene rings is 1. The first kappa shape index (κ1) is 17.8. The molecule has 118 valence electrons. The normalized spacial score (nSPS) is 12.4. The van der Waals surface area contributed by atoms with Gasteiger partial charge in [-0.25, -0.2) is 0 Å². The molecule has 0 amide bonds. The summed E-state index contributed by atoms with van der Waals surface area (Å²) in [5.74, 6) is -1.07. The minimum atomic E-state index is -4.64. The molecule has 0 spiro atoms. The molecule has 21 heavy (non-hydrogen) atoms. The number of aliphatic carboxylic acids is 1. The zero-order chi connectivity index (χ0) is 16.1. The summed E-state index contributed by atoms with van der Waals surface area (Å²) in [6.45, 7) is 2.53. The Morgan fingerprint density at radius 2 is 1.67 bits per heavy atom. The molecule has 0 bridgehead atoms. The van der Waals surface area contributed by atoms with Crippen LogP contribution in [0.15, 0.2) is 24.3 Å². The van der Waals surface area contributed by atoms with E-state index < -0.39 is 24.8 Å². The van der Waals surface area contributed by atoms with Crippen molar-refractivity contribution in [2.75, 3.05) is 13.2 Å². The highest BCUT2D eigenvalue weighted by Crippen LogP contribution is 2.66. The van der Waals surface area contributed by atoms with E-state index in [0.29, 0.717) is 5.56 Å². The summed E-state index contributed by atoms with van der Waals surface area (Å²) in [6, 6.07) is 4.56. The lowest BCUT2D eigenvalue weighted by Crippen LogP contribution is -2.18. The van der Waals surface area contributed by atoms with Crippen LogP contribution < -0.4 is 0 Å². The monoisotopic (exact) mass is 322 g/mol. The first-order valence-electron chi connectivity index (χ1n) is 6.35. The fourth-order valence-electron chi connectivity index (χ4n) is 1.70. The molecule has 0 aliphatic rings. The maximum Gasteiger partial charge on any atom is 0.404 e. The molecule has 1 rings (SSSR count). The summed E-state index contributed by atoms with van der Waals surface area (Å²) in [5.41, 5.74) is -3.98. The molecule has 0 aliphatic heterocycles. The summed E-state index contributed by atoms with van der Waals surface area (Å²) < 4.78 is 50.2. The second-order valence-corrected chi connectivity index (χ2v) is 6.21. The van der Waals surface area contributed by atoms with Gasteiger partial charge in [0, 0.05) is 5.56 Å². The molecular weight excluding hydrogens is 305 g/mol. The quantitative estimate of drug-likeness (QED) is 0.740. The van der Waals surface area contributed by atoms with Crippen molar-refractivity contribution in [2.24, 2.45) is 0 Å². The number of alkyl halides is 2.